The zero-order chi connectivity index (χ0) is 16.2. The van der Waals surface area contributed by atoms with Gasteiger partial charge in [-0.05, 0) is 17.7 Å². The van der Waals surface area contributed by atoms with Gasteiger partial charge in [-0.15, -0.1) is 0 Å². The zero-order valence-electron chi connectivity index (χ0n) is 12.0. The maximum Gasteiger partial charge on any atom is 0.258 e. The van der Waals surface area contributed by atoms with Crippen molar-refractivity contribution < 1.29 is 9.90 Å². The van der Waals surface area contributed by atoms with Gasteiger partial charge in [-0.25, -0.2) is 10.4 Å². The molecule has 3 N–H and O–H groups in total. The third-order valence-electron chi connectivity index (χ3n) is 3.22. The van der Waals surface area contributed by atoms with E-state index >= 15 is 0 Å². The predicted octanol–water partition coefficient (Wildman–Crippen LogP) is 1.60. The van der Waals surface area contributed by atoms with E-state index in [4.69, 9.17) is 11.6 Å². The molecule has 0 radical (unpaired) electrons. The first-order valence-electron chi connectivity index (χ1n) is 6.91. The van der Waals surface area contributed by atoms with E-state index in [0.29, 0.717) is 18.1 Å². The van der Waals surface area contributed by atoms with Crippen molar-refractivity contribution in [1.29, 1.82) is 0 Å². The molecule has 1 aliphatic heterocycles. The van der Waals surface area contributed by atoms with Crippen LogP contribution in [-0.4, -0.2) is 27.5 Å². The highest BCUT2D eigenvalue weighted by atomic mass is 35.5. The van der Waals surface area contributed by atoms with Gasteiger partial charge in [0, 0.05) is 30.5 Å². The SMILES string of the molecule is O=C(NCc1ccc(Cl)cc1)c1cnc(N2C=CCN2)nc1O. The number of rotatable bonds is 4. The number of nitrogens with one attached hydrogen (secondary N) is 2. The van der Waals surface area contributed by atoms with Gasteiger partial charge in [0.1, 0.15) is 5.56 Å². The first-order valence-corrected chi connectivity index (χ1v) is 7.29. The molecule has 1 amide bonds. The van der Waals surface area contributed by atoms with Crippen LogP contribution < -0.4 is 15.8 Å². The summed E-state index contributed by atoms with van der Waals surface area (Å²) in [6.07, 6.45) is 4.92. The van der Waals surface area contributed by atoms with Crippen LogP contribution in [0.25, 0.3) is 0 Å². The zero-order valence-corrected chi connectivity index (χ0v) is 12.8. The Kier molecular flexibility index (Phi) is 4.40. The summed E-state index contributed by atoms with van der Waals surface area (Å²) in [6.45, 7) is 0.973. The number of anilines is 1. The molecule has 7 nitrogen and oxygen atoms in total. The Hall–Kier alpha value is -2.64. The van der Waals surface area contributed by atoms with Crippen LogP contribution in [0.2, 0.25) is 5.02 Å². The highest BCUT2D eigenvalue weighted by Gasteiger charge is 2.17. The summed E-state index contributed by atoms with van der Waals surface area (Å²) >= 11 is 5.81. The minimum atomic E-state index is -0.450. The molecule has 1 aromatic heterocycles. The van der Waals surface area contributed by atoms with Crippen LogP contribution in [0.1, 0.15) is 15.9 Å². The highest BCUT2D eigenvalue weighted by Crippen LogP contribution is 2.17. The molecule has 0 aliphatic carbocycles. The van der Waals surface area contributed by atoms with Crippen molar-refractivity contribution >= 4 is 23.5 Å². The van der Waals surface area contributed by atoms with Crippen molar-refractivity contribution in [2.45, 2.75) is 6.54 Å². The van der Waals surface area contributed by atoms with Crippen LogP contribution in [0.4, 0.5) is 5.95 Å². The summed E-state index contributed by atoms with van der Waals surface area (Å²) in [7, 11) is 0. The van der Waals surface area contributed by atoms with Gasteiger partial charge in [-0.3, -0.25) is 9.80 Å². The van der Waals surface area contributed by atoms with E-state index in [1.807, 2.05) is 18.2 Å². The smallest absolute Gasteiger partial charge is 0.258 e. The Bertz CT molecular complexity index is 748. The third kappa shape index (κ3) is 3.58. The average Bonchev–Trinajstić information content (AvgIpc) is 3.08. The maximum absolute atomic E-state index is 12.1. The van der Waals surface area contributed by atoms with Gasteiger partial charge >= 0.3 is 0 Å². The minimum absolute atomic E-state index is 0.0193. The molecule has 3 rings (SSSR count). The van der Waals surface area contributed by atoms with E-state index in [0.717, 1.165) is 5.56 Å². The highest BCUT2D eigenvalue weighted by molar-refractivity contribution is 6.30. The number of hydrogen-bond donors (Lipinski definition) is 3. The minimum Gasteiger partial charge on any atom is -0.493 e. The molecule has 1 aromatic carbocycles. The van der Waals surface area contributed by atoms with Crippen molar-refractivity contribution in [2.24, 2.45) is 0 Å². The Labute approximate surface area is 137 Å². The Morgan fingerprint density at radius 3 is 2.83 bits per heavy atom. The van der Waals surface area contributed by atoms with E-state index in [-0.39, 0.29) is 17.4 Å². The van der Waals surface area contributed by atoms with E-state index in [1.54, 1.807) is 23.3 Å². The number of amides is 1. The number of benzene rings is 1. The first kappa shape index (κ1) is 15.3. The molecule has 0 saturated heterocycles. The van der Waals surface area contributed by atoms with Crippen molar-refractivity contribution in [2.75, 3.05) is 11.6 Å². The number of carbonyl (C=O) groups excluding carboxylic acids is 1. The molecular weight excluding hydrogens is 318 g/mol. The van der Waals surface area contributed by atoms with Gasteiger partial charge in [-0.1, -0.05) is 29.8 Å². The lowest BCUT2D eigenvalue weighted by molar-refractivity contribution is 0.0947. The molecule has 2 heterocycles. The van der Waals surface area contributed by atoms with Crippen molar-refractivity contribution in [3.63, 3.8) is 0 Å². The molecule has 0 bridgehead atoms. The van der Waals surface area contributed by atoms with Crippen molar-refractivity contribution in [3.05, 3.63) is 58.9 Å². The van der Waals surface area contributed by atoms with Gasteiger partial charge in [-0.2, -0.15) is 4.98 Å². The summed E-state index contributed by atoms with van der Waals surface area (Å²) in [6, 6.07) is 7.12. The van der Waals surface area contributed by atoms with Gasteiger partial charge in [0.05, 0.1) is 0 Å². The van der Waals surface area contributed by atoms with Crippen LogP contribution in [0.15, 0.2) is 42.7 Å². The lowest BCUT2D eigenvalue weighted by Gasteiger charge is -2.14. The van der Waals surface area contributed by atoms with E-state index in [1.165, 1.54) is 6.20 Å². The lowest BCUT2D eigenvalue weighted by Crippen LogP contribution is -2.30. The van der Waals surface area contributed by atoms with Crippen LogP contribution in [0.3, 0.4) is 0 Å². The quantitative estimate of drug-likeness (QED) is 0.788. The van der Waals surface area contributed by atoms with Crippen LogP contribution in [0.5, 0.6) is 5.88 Å². The molecule has 118 valence electrons. The number of hydrazine groups is 1. The number of hydrogen-bond acceptors (Lipinski definition) is 6. The molecule has 0 saturated carbocycles. The summed E-state index contributed by atoms with van der Waals surface area (Å²) < 4.78 is 0. The van der Waals surface area contributed by atoms with Gasteiger partial charge < -0.3 is 10.4 Å². The predicted molar refractivity (Wildman–Crippen MR) is 85.9 cm³/mol. The lowest BCUT2D eigenvalue weighted by atomic mass is 10.2. The van der Waals surface area contributed by atoms with E-state index < -0.39 is 5.91 Å². The topological polar surface area (TPSA) is 90.4 Å². The summed E-state index contributed by atoms with van der Waals surface area (Å²) in [5.74, 6) is -0.551. The molecular formula is C15H14ClN5O2. The Morgan fingerprint density at radius 2 is 2.17 bits per heavy atom. The second-order valence-electron chi connectivity index (χ2n) is 4.83. The number of halogens is 1. The summed E-state index contributed by atoms with van der Waals surface area (Å²) in [5.41, 5.74) is 3.89. The molecule has 1 aliphatic rings. The number of aromatic hydroxyl groups is 1. The standard InChI is InChI=1S/C15H14ClN5O2/c16-11-4-2-10(3-5-11)8-17-13(22)12-9-18-15(20-14(12)23)21-7-1-6-19-21/h1-5,7,9,19H,6,8H2,(H,17,22)(H,18,20,23). The van der Waals surface area contributed by atoms with Gasteiger partial charge in [0.2, 0.25) is 11.8 Å². The Morgan fingerprint density at radius 1 is 1.39 bits per heavy atom. The Balaban J connectivity index is 1.67. The second kappa shape index (κ2) is 6.64. The first-order chi connectivity index (χ1) is 11.1. The monoisotopic (exact) mass is 331 g/mol. The van der Waals surface area contributed by atoms with E-state index in [9.17, 15) is 9.90 Å². The molecule has 0 atom stereocenters. The molecule has 23 heavy (non-hydrogen) atoms. The maximum atomic E-state index is 12.1. The van der Waals surface area contributed by atoms with Crippen molar-refractivity contribution in [1.82, 2.24) is 20.7 Å². The average molecular weight is 332 g/mol. The molecule has 0 fully saturated rings. The molecule has 0 spiro atoms. The van der Waals surface area contributed by atoms with Crippen LogP contribution in [-0.2, 0) is 6.54 Å². The fourth-order valence-corrected chi connectivity index (χ4v) is 2.15. The summed E-state index contributed by atoms with van der Waals surface area (Å²) in [5, 5.41) is 14.8. The number of aromatic nitrogens is 2. The fourth-order valence-electron chi connectivity index (χ4n) is 2.02. The largest absolute Gasteiger partial charge is 0.493 e. The number of carbonyl (C=O) groups is 1. The second-order valence-corrected chi connectivity index (χ2v) is 5.27. The van der Waals surface area contributed by atoms with Crippen LogP contribution in [0, 0.1) is 0 Å². The number of nitrogens with zero attached hydrogens (tertiary/aromatic N) is 3. The summed E-state index contributed by atoms with van der Waals surface area (Å²) in [4.78, 5) is 20.1. The molecule has 2 aromatic rings. The normalized spacial score (nSPS) is 13.3. The fraction of sp³-hybridized carbons (Fsp3) is 0.133. The third-order valence-corrected chi connectivity index (χ3v) is 3.47. The molecule has 0 unspecified atom stereocenters. The molecule has 8 heteroatoms. The van der Waals surface area contributed by atoms with Gasteiger partial charge in [0.25, 0.3) is 5.91 Å². The van der Waals surface area contributed by atoms with Crippen LogP contribution >= 0.6 is 11.6 Å². The van der Waals surface area contributed by atoms with E-state index in [2.05, 4.69) is 20.7 Å². The van der Waals surface area contributed by atoms with Crippen molar-refractivity contribution in [3.8, 4) is 5.88 Å². The van der Waals surface area contributed by atoms with Gasteiger partial charge in [0.15, 0.2) is 0 Å².